The molecule has 1 saturated heterocycles. The Balaban J connectivity index is 1.49. The van der Waals surface area contributed by atoms with Crippen LogP contribution in [0.15, 0.2) is 36.5 Å². The van der Waals surface area contributed by atoms with Crippen LogP contribution in [-0.4, -0.2) is 34.9 Å². The first-order valence-corrected chi connectivity index (χ1v) is 10.4. The van der Waals surface area contributed by atoms with Gasteiger partial charge in [-0.3, -0.25) is 0 Å². The molecule has 1 saturated carbocycles. The Labute approximate surface area is 147 Å². The zero-order valence-corrected chi connectivity index (χ0v) is 14.7. The van der Waals surface area contributed by atoms with E-state index in [0.29, 0.717) is 19.3 Å². The molecule has 7 heteroatoms. The molecule has 4 rings (SSSR count). The standard InChI is InChI=1S/C18H20N4O2S/c19-13-18(15-6-2-1-3-7-15)9-16(10-18)22-11-17(20-21-22)14-5-4-8-25(23,24)12-14/h1-3,6-7,11,14,16H,4-5,8-10,12H2. The van der Waals surface area contributed by atoms with E-state index >= 15 is 0 Å². The van der Waals surface area contributed by atoms with Gasteiger partial charge in [0.25, 0.3) is 0 Å². The van der Waals surface area contributed by atoms with Gasteiger partial charge in [-0.2, -0.15) is 5.26 Å². The van der Waals surface area contributed by atoms with Gasteiger partial charge >= 0.3 is 0 Å². The molecule has 0 N–H and O–H groups in total. The van der Waals surface area contributed by atoms with Gasteiger partial charge in [0.15, 0.2) is 9.84 Å². The first-order valence-electron chi connectivity index (χ1n) is 8.60. The Kier molecular flexibility index (Phi) is 3.88. The minimum Gasteiger partial charge on any atom is -0.249 e. The Morgan fingerprint density at radius 1 is 1.24 bits per heavy atom. The first kappa shape index (κ1) is 16.3. The SMILES string of the molecule is N#CC1(c2ccccc2)CC(n2cc(C3CCCS(=O)(=O)C3)nn2)C1. The number of nitrogens with zero attached hydrogens (tertiary/aromatic N) is 4. The van der Waals surface area contributed by atoms with Gasteiger partial charge in [-0.1, -0.05) is 35.5 Å². The summed E-state index contributed by atoms with van der Waals surface area (Å²) in [6, 6.07) is 12.5. The van der Waals surface area contributed by atoms with Crippen molar-refractivity contribution in [1.29, 1.82) is 5.26 Å². The molecule has 2 fully saturated rings. The van der Waals surface area contributed by atoms with Crippen molar-refractivity contribution in [1.82, 2.24) is 15.0 Å². The van der Waals surface area contributed by atoms with Crippen molar-refractivity contribution < 1.29 is 8.42 Å². The number of sulfone groups is 1. The van der Waals surface area contributed by atoms with E-state index in [4.69, 9.17) is 0 Å². The van der Waals surface area contributed by atoms with E-state index in [2.05, 4.69) is 16.4 Å². The van der Waals surface area contributed by atoms with Gasteiger partial charge in [-0.05, 0) is 31.2 Å². The summed E-state index contributed by atoms with van der Waals surface area (Å²) in [4.78, 5) is 0. The quantitative estimate of drug-likeness (QED) is 0.842. The molecule has 25 heavy (non-hydrogen) atoms. The fourth-order valence-corrected chi connectivity index (χ4v) is 5.72. The molecular weight excluding hydrogens is 336 g/mol. The van der Waals surface area contributed by atoms with Crippen LogP contribution in [0.4, 0.5) is 0 Å². The molecule has 6 nitrogen and oxygen atoms in total. The topological polar surface area (TPSA) is 88.6 Å². The summed E-state index contributed by atoms with van der Waals surface area (Å²) in [6.07, 6.45) is 4.82. The lowest BCUT2D eigenvalue weighted by molar-refractivity contribution is 0.184. The van der Waals surface area contributed by atoms with Gasteiger partial charge < -0.3 is 0 Å². The van der Waals surface area contributed by atoms with Gasteiger partial charge in [0.1, 0.15) is 0 Å². The fraction of sp³-hybridized carbons (Fsp3) is 0.500. The highest BCUT2D eigenvalue weighted by Crippen LogP contribution is 2.49. The molecule has 130 valence electrons. The highest BCUT2D eigenvalue weighted by molar-refractivity contribution is 7.91. The Morgan fingerprint density at radius 3 is 2.68 bits per heavy atom. The molecule has 0 spiro atoms. The maximum atomic E-state index is 11.8. The van der Waals surface area contributed by atoms with E-state index in [1.807, 2.05) is 41.2 Å². The number of nitriles is 1. The third kappa shape index (κ3) is 2.95. The summed E-state index contributed by atoms with van der Waals surface area (Å²) in [7, 11) is -2.96. The second kappa shape index (κ2) is 5.95. The zero-order valence-electron chi connectivity index (χ0n) is 13.9. The Morgan fingerprint density at radius 2 is 2.00 bits per heavy atom. The smallest absolute Gasteiger partial charge is 0.150 e. The molecule has 0 bridgehead atoms. The second-order valence-electron chi connectivity index (χ2n) is 7.20. The van der Waals surface area contributed by atoms with E-state index in [1.165, 1.54) is 0 Å². The average molecular weight is 356 g/mol. The molecule has 1 aliphatic carbocycles. The Hall–Kier alpha value is -2.20. The molecule has 1 atom stereocenters. The van der Waals surface area contributed by atoms with Crippen molar-refractivity contribution in [2.75, 3.05) is 11.5 Å². The third-order valence-electron chi connectivity index (χ3n) is 5.49. The maximum absolute atomic E-state index is 11.8. The van der Waals surface area contributed by atoms with Gasteiger partial charge in [0.2, 0.25) is 0 Å². The van der Waals surface area contributed by atoms with E-state index in [0.717, 1.165) is 17.7 Å². The van der Waals surface area contributed by atoms with Crippen LogP contribution in [0, 0.1) is 11.3 Å². The highest BCUT2D eigenvalue weighted by atomic mass is 32.2. The minimum absolute atomic E-state index is 0.0533. The molecule has 2 heterocycles. The average Bonchev–Trinajstić information content (AvgIpc) is 3.04. The molecule has 2 aliphatic rings. The largest absolute Gasteiger partial charge is 0.249 e. The van der Waals surface area contributed by atoms with Crippen molar-refractivity contribution in [3.8, 4) is 6.07 Å². The van der Waals surface area contributed by atoms with Gasteiger partial charge in [-0.15, -0.1) is 5.10 Å². The molecular formula is C18H20N4O2S. The summed E-state index contributed by atoms with van der Waals surface area (Å²) < 4.78 is 25.5. The number of hydrogen-bond acceptors (Lipinski definition) is 5. The van der Waals surface area contributed by atoms with E-state index in [9.17, 15) is 13.7 Å². The predicted molar refractivity (Wildman–Crippen MR) is 92.7 cm³/mol. The van der Waals surface area contributed by atoms with E-state index in [-0.39, 0.29) is 23.5 Å². The second-order valence-corrected chi connectivity index (χ2v) is 9.43. The normalized spacial score (nSPS) is 31.0. The molecule has 1 unspecified atom stereocenters. The summed E-state index contributed by atoms with van der Waals surface area (Å²) >= 11 is 0. The Bertz CT molecular complexity index is 908. The van der Waals surface area contributed by atoms with Crippen LogP contribution in [0.3, 0.4) is 0 Å². The van der Waals surface area contributed by atoms with Crippen LogP contribution in [0.25, 0.3) is 0 Å². The van der Waals surface area contributed by atoms with Gasteiger partial charge in [-0.25, -0.2) is 13.1 Å². The number of aromatic nitrogens is 3. The lowest BCUT2D eigenvalue weighted by atomic mass is 9.62. The van der Waals surface area contributed by atoms with E-state index in [1.54, 1.807) is 0 Å². The van der Waals surface area contributed by atoms with Crippen molar-refractivity contribution >= 4 is 9.84 Å². The van der Waals surface area contributed by atoms with Crippen LogP contribution >= 0.6 is 0 Å². The van der Waals surface area contributed by atoms with Crippen molar-refractivity contribution in [2.45, 2.75) is 43.1 Å². The number of benzene rings is 1. The molecule has 0 radical (unpaired) electrons. The predicted octanol–water partition coefficient (Wildman–Crippen LogP) is 2.37. The number of rotatable bonds is 3. The van der Waals surface area contributed by atoms with E-state index < -0.39 is 15.3 Å². The summed E-state index contributed by atoms with van der Waals surface area (Å²) in [5.74, 6) is 0.396. The van der Waals surface area contributed by atoms with Crippen LogP contribution in [0.2, 0.25) is 0 Å². The van der Waals surface area contributed by atoms with Gasteiger partial charge in [0.05, 0.1) is 34.7 Å². The molecule has 1 aromatic heterocycles. The zero-order chi connectivity index (χ0) is 17.5. The van der Waals surface area contributed by atoms with Crippen molar-refractivity contribution in [3.05, 3.63) is 47.8 Å². The van der Waals surface area contributed by atoms with Crippen LogP contribution in [0.1, 0.15) is 48.9 Å². The molecule has 1 aliphatic heterocycles. The van der Waals surface area contributed by atoms with Crippen LogP contribution < -0.4 is 0 Å². The number of hydrogen-bond donors (Lipinski definition) is 0. The highest BCUT2D eigenvalue weighted by Gasteiger charge is 2.47. The van der Waals surface area contributed by atoms with Crippen LogP contribution in [-0.2, 0) is 15.3 Å². The summed E-state index contributed by atoms with van der Waals surface area (Å²) in [6.45, 7) is 0. The lowest BCUT2D eigenvalue weighted by Gasteiger charge is -2.42. The van der Waals surface area contributed by atoms with Crippen molar-refractivity contribution in [3.63, 3.8) is 0 Å². The molecule has 1 aromatic carbocycles. The fourth-order valence-electron chi connectivity index (χ4n) is 3.99. The van der Waals surface area contributed by atoms with Crippen molar-refractivity contribution in [2.24, 2.45) is 0 Å². The van der Waals surface area contributed by atoms with Crippen LogP contribution in [0.5, 0.6) is 0 Å². The maximum Gasteiger partial charge on any atom is 0.150 e. The monoisotopic (exact) mass is 356 g/mol. The molecule has 2 aromatic rings. The van der Waals surface area contributed by atoms with Gasteiger partial charge in [0, 0.05) is 12.1 Å². The third-order valence-corrected chi connectivity index (χ3v) is 7.31. The minimum atomic E-state index is -2.96. The molecule has 0 amide bonds. The first-order chi connectivity index (χ1) is 12.0. The summed E-state index contributed by atoms with van der Waals surface area (Å²) in [5, 5.41) is 18.1. The summed E-state index contributed by atoms with van der Waals surface area (Å²) in [5.41, 5.74) is 1.36. The lowest BCUT2D eigenvalue weighted by Crippen LogP contribution is -2.41.